The summed E-state index contributed by atoms with van der Waals surface area (Å²) in [7, 11) is 1.60. The zero-order valence-electron chi connectivity index (χ0n) is 13.5. The molecule has 1 saturated heterocycles. The van der Waals surface area contributed by atoms with E-state index >= 15 is 0 Å². The first-order valence-electron chi connectivity index (χ1n) is 7.79. The van der Waals surface area contributed by atoms with E-state index in [0.717, 1.165) is 5.56 Å². The Kier molecular flexibility index (Phi) is 4.63. The van der Waals surface area contributed by atoms with Gasteiger partial charge in [-0.05, 0) is 36.2 Å². The Morgan fingerprint density at radius 1 is 1.22 bits per heavy atom. The molecule has 0 spiro atoms. The van der Waals surface area contributed by atoms with Crippen molar-refractivity contribution in [2.24, 2.45) is 0 Å². The van der Waals surface area contributed by atoms with Gasteiger partial charge >= 0.3 is 0 Å². The van der Waals surface area contributed by atoms with Gasteiger partial charge in [0.05, 0.1) is 20.3 Å². The second-order valence-electron chi connectivity index (χ2n) is 5.70. The summed E-state index contributed by atoms with van der Waals surface area (Å²) < 4.78 is 11.1. The fourth-order valence-electron chi connectivity index (χ4n) is 2.91. The van der Waals surface area contributed by atoms with E-state index in [1.165, 1.54) is 5.56 Å². The van der Waals surface area contributed by atoms with Crippen LogP contribution in [0, 0.1) is 6.92 Å². The van der Waals surface area contributed by atoms with Gasteiger partial charge in [-0.3, -0.25) is 4.79 Å². The number of ether oxygens (including phenoxy) is 2. The van der Waals surface area contributed by atoms with Crippen LogP contribution in [-0.4, -0.2) is 37.6 Å². The molecule has 1 amide bonds. The molecule has 0 aromatic heterocycles. The van der Waals surface area contributed by atoms with Gasteiger partial charge in [0.25, 0.3) is 5.91 Å². The highest BCUT2D eigenvalue weighted by Crippen LogP contribution is 2.26. The first-order chi connectivity index (χ1) is 11.2. The molecule has 1 aliphatic rings. The van der Waals surface area contributed by atoms with Crippen LogP contribution in [0.5, 0.6) is 5.75 Å². The molecule has 1 unspecified atom stereocenters. The Labute approximate surface area is 136 Å². The van der Waals surface area contributed by atoms with Gasteiger partial charge in [-0.1, -0.05) is 30.3 Å². The second-order valence-corrected chi connectivity index (χ2v) is 5.70. The van der Waals surface area contributed by atoms with Gasteiger partial charge in [-0.2, -0.15) is 0 Å². The fraction of sp³-hybridized carbons (Fsp3) is 0.316. The maximum absolute atomic E-state index is 12.7. The number of hydrogen-bond donors (Lipinski definition) is 0. The smallest absolute Gasteiger partial charge is 0.254 e. The van der Waals surface area contributed by atoms with Crippen LogP contribution in [0.3, 0.4) is 0 Å². The van der Waals surface area contributed by atoms with Crippen molar-refractivity contribution in [3.63, 3.8) is 0 Å². The molecule has 2 aromatic carbocycles. The predicted molar refractivity (Wildman–Crippen MR) is 88.8 cm³/mol. The molecule has 0 N–H and O–H groups in total. The summed E-state index contributed by atoms with van der Waals surface area (Å²) in [5.41, 5.74) is 2.98. The molecule has 0 saturated carbocycles. The van der Waals surface area contributed by atoms with Crippen LogP contribution >= 0.6 is 0 Å². The van der Waals surface area contributed by atoms with E-state index in [1.807, 2.05) is 35.2 Å². The number of carbonyl (C=O) groups is 1. The molecule has 2 aromatic rings. The topological polar surface area (TPSA) is 38.8 Å². The number of morpholine rings is 1. The van der Waals surface area contributed by atoms with Crippen LogP contribution in [0.15, 0.2) is 48.5 Å². The Morgan fingerprint density at radius 2 is 2.04 bits per heavy atom. The molecule has 1 fully saturated rings. The average molecular weight is 311 g/mol. The van der Waals surface area contributed by atoms with Crippen molar-refractivity contribution in [1.82, 2.24) is 4.90 Å². The molecule has 4 heteroatoms. The number of hydrogen-bond acceptors (Lipinski definition) is 3. The Morgan fingerprint density at radius 3 is 2.83 bits per heavy atom. The number of rotatable bonds is 3. The fourth-order valence-corrected chi connectivity index (χ4v) is 2.91. The number of carbonyl (C=O) groups excluding carboxylic acids is 1. The Balaban J connectivity index is 1.78. The van der Waals surface area contributed by atoms with E-state index in [2.05, 4.69) is 19.1 Å². The standard InChI is InChI=1S/C19H21NO3/c1-14-6-3-4-9-17(14)18-13-20(10-11-23-18)19(21)15-7-5-8-16(12-15)22-2/h3-9,12,18H,10-11,13H2,1-2H3. The number of nitrogens with zero attached hydrogens (tertiary/aromatic N) is 1. The van der Waals surface area contributed by atoms with Gasteiger partial charge in [-0.15, -0.1) is 0 Å². The van der Waals surface area contributed by atoms with Gasteiger partial charge in [0, 0.05) is 12.1 Å². The SMILES string of the molecule is COc1cccc(C(=O)N2CCOC(c3ccccc3C)C2)c1. The maximum Gasteiger partial charge on any atom is 0.254 e. The monoisotopic (exact) mass is 311 g/mol. The lowest BCUT2D eigenvalue weighted by Gasteiger charge is -2.34. The Hall–Kier alpha value is -2.33. The van der Waals surface area contributed by atoms with Crippen LogP contribution in [-0.2, 0) is 4.74 Å². The van der Waals surface area contributed by atoms with Gasteiger partial charge in [-0.25, -0.2) is 0 Å². The van der Waals surface area contributed by atoms with Crippen molar-refractivity contribution in [3.8, 4) is 5.75 Å². The minimum Gasteiger partial charge on any atom is -0.497 e. The highest BCUT2D eigenvalue weighted by Gasteiger charge is 2.27. The largest absolute Gasteiger partial charge is 0.497 e. The van der Waals surface area contributed by atoms with E-state index < -0.39 is 0 Å². The highest BCUT2D eigenvalue weighted by molar-refractivity contribution is 5.94. The van der Waals surface area contributed by atoms with Crippen molar-refractivity contribution in [2.75, 3.05) is 26.8 Å². The van der Waals surface area contributed by atoms with Crippen LogP contribution in [0.2, 0.25) is 0 Å². The quantitative estimate of drug-likeness (QED) is 0.873. The number of methoxy groups -OCH3 is 1. The van der Waals surface area contributed by atoms with Crippen molar-refractivity contribution in [1.29, 1.82) is 0 Å². The lowest BCUT2D eigenvalue weighted by molar-refractivity contribution is -0.0231. The van der Waals surface area contributed by atoms with Crippen LogP contribution < -0.4 is 4.74 Å². The molecule has 0 bridgehead atoms. The third-order valence-corrected chi connectivity index (χ3v) is 4.21. The third kappa shape index (κ3) is 3.37. The minimum absolute atomic E-state index is 0.0192. The van der Waals surface area contributed by atoms with Gasteiger partial charge in [0.2, 0.25) is 0 Å². The molecule has 1 heterocycles. The van der Waals surface area contributed by atoms with Gasteiger partial charge in [0.15, 0.2) is 0 Å². The molecule has 120 valence electrons. The zero-order valence-corrected chi connectivity index (χ0v) is 13.5. The zero-order chi connectivity index (χ0) is 16.2. The first-order valence-corrected chi connectivity index (χ1v) is 7.79. The summed E-state index contributed by atoms with van der Waals surface area (Å²) in [5.74, 6) is 0.713. The normalized spacial score (nSPS) is 17.8. The molecule has 3 rings (SSSR count). The summed E-state index contributed by atoms with van der Waals surface area (Å²) >= 11 is 0. The van der Waals surface area contributed by atoms with E-state index in [9.17, 15) is 4.79 Å². The van der Waals surface area contributed by atoms with Crippen molar-refractivity contribution in [2.45, 2.75) is 13.0 Å². The average Bonchev–Trinajstić information content (AvgIpc) is 2.61. The highest BCUT2D eigenvalue weighted by atomic mass is 16.5. The van der Waals surface area contributed by atoms with E-state index in [-0.39, 0.29) is 12.0 Å². The van der Waals surface area contributed by atoms with Crippen LogP contribution in [0.1, 0.15) is 27.6 Å². The summed E-state index contributed by atoms with van der Waals surface area (Å²) in [5, 5.41) is 0. The third-order valence-electron chi connectivity index (χ3n) is 4.21. The van der Waals surface area contributed by atoms with E-state index in [0.29, 0.717) is 31.0 Å². The summed E-state index contributed by atoms with van der Waals surface area (Å²) in [4.78, 5) is 14.6. The van der Waals surface area contributed by atoms with Gasteiger partial charge < -0.3 is 14.4 Å². The molecule has 0 aliphatic carbocycles. The van der Waals surface area contributed by atoms with E-state index in [1.54, 1.807) is 13.2 Å². The lowest BCUT2D eigenvalue weighted by Crippen LogP contribution is -2.42. The summed E-state index contributed by atoms with van der Waals surface area (Å²) in [6.45, 7) is 3.80. The van der Waals surface area contributed by atoms with Crippen molar-refractivity contribution < 1.29 is 14.3 Å². The number of benzene rings is 2. The number of aryl methyl sites for hydroxylation is 1. The second kappa shape index (κ2) is 6.84. The molecule has 23 heavy (non-hydrogen) atoms. The molecule has 1 atom stereocenters. The first kappa shape index (κ1) is 15.6. The van der Waals surface area contributed by atoms with Gasteiger partial charge in [0.1, 0.15) is 11.9 Å². The van der Waals surface area contributed by atoms with Crippen LogP contribution in [0.25, 0.3) is 0 Å². The van der Waals surface area contributed by atoms with Crippen molar-refractivity contribution in [3.05, 3.63) is 65.2 Å². The predicted octanol–water partition coefficient (Wildman–Crippen LogP) is 3.22. The van der Waals surface area contributed by atoms with E-state index in [4.69, 9.17) is 9.47 Å². The van der Waals surface area contributed by atoms with Crippen molar-refractivity contribution >= 4 is 5.91 Å². The summed E-state index contributed by atoms with van der Waals surface area (Å²) in [6.07, 6.45) is -0.0699. The summed E-state index contributed by atoms with van der Waals surface area (Å²) in [6, 6.07) is 15.4. The molecular formula is C19H21NO3. The Bertz CT molecular complexity index is 699. The number of amides is 1. The minimum atomic E-state index is -0.0699. The molecule has 1 aliphatic heterocycles. The molecule has 0 radical (unpaired) electrons. The lowest BCUT2D eigenvalue weighted by atomic mass is 10.0. The maximum atomic E-state index is 12.7. The molecule has 4 nitrogen and oxygen atoms in total. The van der Waals surface area contributed by atoms with Crippen LogP contribution in [0.4, 0.5) is 0 Å². The molecular weight excluding hydrogens is 290 g/mol.